The van der Waals surface area contributed by atoms with Crippen molar-refractivity contribution in [3.8, 4) is 17.2 Å². The summed E-state index contributed by atoms with van der Waals surface area (Å²) in [6.45, 7) is 2.47. The molecule has 18 heavy (non-hydrogen) atoms. The predicted molar refractivity (Wildman–Crippen MR) is 67.3 cm³/mol. The number of ether oxygens (including phenoxy) is 2. The average Bonchev–Trinajstić information content (AvgIpc) is 2.41. The molecule has 1 aromatic carbocycles. The number of para-hydroxylation sites is 2. The van der Waals surface area contributed by atoms with Gasteiger partial charge in [0.05, 0.1) is 12.8 Å². The monoisotopic (exact) mass is 243 g/mol. The van der Waals surface area contributed by atoms with Crippen LogP contribution < -0.4 is 9.47 Å². The first kappa shape index (κ1) is 12.1. The summed E-state index contributed by atoms with van der Waals surface area (Å²) in [7, 11) is 0. The van der Waals surface area contributed by atoms with Gasteiger partial charge < -0.3 is 9.47 Å². The minimum absolute atomic E-state index is 0.474. The molecule has 0 aliphatic carbocycles. The van der Waals surface area contributed by atoms with Crippen molar-refractivity contribution in [3.05, 3.63) is 48.3 Å². The van der Waals surface area contributed by atoms with Crippen LogP contribution in [-0.2, 0) is 0 Å². The van der Waals surface area contributed by atoms with Crippen LogP contribution in [0, 0.1) is 0 Å². The van der Waals surface area contributed by atoms with E-state index in [0.29, 0.717) is 29.4 Å². The van der Waals surface area contributed by atoms with Crippen LogP contribution in [-0.4, -0.2) is 17.9 Å². The molecule has 0 radical (unpaired) electrons. The van der Waals surface area contributed by atoms with Crippen LogP contribution in [0.1, 0.15) is 17.3 Å². The summed E-state index contributed by atoms with van der Waals surface area (Å²) in [5.41, 5.74) is 0.474. The Morgan fingerprint density at radius 1 is 1.22 bits per heavy atom. The lowest BCUT2D eigenvalue weighted by Crippen LogP contribution is -1.95. The molecule has 0 spiro atoms. The zero-order valence-corrected chi connectivity index (χ0v) is 10.00. The molecule has 92 valence electrons. The lowest BCUT2D eigenvalue weighted by Gasteiger charge is -2.10. The number of hydrogen-bond donors (Lipinski definition) is 0. The van der Waals surface area contributed by atoms with E-state index in [1.165, 1.54) is 6.20 Å². The highest BCUT2D eigenvalue weighted by Gasteiger charge is 2.05. The van der Waals surface area contributed by atoms with Gasteiger partial charge in [0.25, 0.3) is 0 Å². The maximum Gasteiger partial charge on any atom is 0.169 e. The minimum atomic E-state index is 0.474. The van der Waals surface area contributed by atoms with Gasteiger partial charge in [0.2, 0.25) is 0 Å². The number of hydrogen-bond acceptors (Lipinski definition) is 4. The van der Waals surface area contributed by atoms with Crippen LogP contribution in [0.3, 0.4) is 0 Å². The third kappa shape index (κ3) is 2.85. The first-order chi connectivity index (χ1) is 8.83. The number of benzene rings is 1. The SMILES string of the molecule is CCOc1ccccc1Oc1cncc(C=O)c1. The normalized spacial score (nSPS) is 9.83. The highest BCUT2D eigenvalue weighted by atomic mass is 16.5. The molecule has 0 fully saturated rings. The van der Waals surface area contributed by atoms with Crippen LogP contribution in [0.2, 0.25) is 0 Å². The average molecular weight is 243 g/mol. The fraction of sp³-hybridized carbons (Fsp3) is 0.143. The van der Waals surface area contributed by atoms with Gasteiger partial charge in [-0.1, -0.05) is 12.1 Å². The summed E-state index contributed by atoms with van der Waals surface area (Å²) in [5.74, 6) is 1.77. The molecule has 0 saturated carbocycles. The Hall–Kier alpha value is -2.36. The predicted octanol–water partition coefficient (Wildman–Crippen LogP) is 3.09. The smallest absolute Gasteiger partial charge is 0.169 e. The third-order valence-electron chi connectivity index (χ3n) is 2.25. The van der Waals surface area contributed by atoms with E-state index in [2.05, 4.69) is 4.98 Å². The highest BCUT2D eigenvalue weighted by Crippen LogP contribution is 2.30. The molecule has 0 saturated heterocycles. The molecule has 2 aromatic rings. The van der Waals surface area contributed by atoms with E-state index < -0.39 is 0 Å². The van der Waals surface area contributed by atoms with E-state index in [9.17, 15) is 4.79 Å². The first-order valence-electron chi connectivity index (χ1n) is 5.63. The van der Waals surface area contributed by atoms with Gasteiger partial charge in [-0.25, -0.2) is 0 Å². The molecule has 4 nitrogen and oxygen atoms in total. The Kier molecular flexibility index (Phi) is 3.91. The van der Waals surface area contributed by atoms with E-state index in [4.69, 9.17) is 9.47 Å². The maximum absolute atomic E-state index is 10.7. The second-order valence-corrected chi connectivity index (χ2v) is 3.55. The molecule has 0 aliphatic rings. The molecule has 4 heteroatoms. The quantitative estimate of drug-likeness (QED) is 0.757. The minimum Gasteiger partial charge on any atom is -0.490 e. The molecule has 2 rings (SSSR count). The van der Waals surface area contributed by atoms with Gasteiger partial charge in [-0.2, -0.15) is 0 Å². The fourth-order valence-corrected chi connectivity index (χ4v) is 1.49. The van der Waals surface area contributed by atoms with Crippen molar-refractivity contribution in [2.75, 3.05) is 6.61 Å². The number of carbonyl (C=O) groups excluding carboxylic acids is 1. The summed E-state index contributed by atoms with van der Waals surface area (Å²) in [6.07, 6.45) is 3.76. The summed E-state index contributed by atoms with van der Waals surface area (Å²) < 4.78 is 11.1. The molecular weight excluding hydrogens is 230 g/mol. The van der Waals surface area contributed by atoms with Gasteiger partial charge in [0.1, 0.15) is 5.75 Å². The van der Waals surface area contributed by atoms with Gasteiger partial charge >= 0.3 is 0 Å². The highest BCUT2D eigenvalue weighted by molar-refractivity contribution is 5.74. The number of rotatable bonds is 5. The Labute approximate surface area is 105 Å². The van der Waals surface area contributed by atoms with Gasteiger partial charge in [0.15, 0.2) is 17.8 Å². The van der Waals surface area contributed by atoms with Crippen molar-refractivity contribution >= 4 is 6.29 Å². The van der Waals surface area contributed by atoms with Gasteiger partial charge in [-0.15, -0.1) is 0 Å². The first-order valence-corrected chi connectivity index (χ1v) is 5.63. The van der Waals surface area contributed by atoms with Crippen LogP contribution in [0.15, 0.2) is 42.7 Å². The summed E-state index contributed by atoms with van der Waals surface area (Å²) in [6, 6.07) is 8.99. The van der Waals surface area contributed by atoms with Crippen LogP contribution in [0.25, 0.3) is 0 Å². The van der Waals surface area contributed by atoms with Crippen LogP contribution in [0.4, 0.5) is 0 Å². The van der Waals surface area contributed by atoms with Gasteiger partial charge in [-0.3, -0.25) is 9.78 Å². The van der Waals surface area contributed by atoms with Crippen molar-refractivity contribution in [3.63, 3.8) is 0 Å². The molecule has 0 atom stereocenters. The number of aromatic nitrogens is 1. The summed E-state index contributed by atoms with van der Waals surface area (Å²) in [4.78, 5) is 14.6. The molecular formula is C14H13NO3. The molecule has 0 amide bonds. The van der Waals surface area contributed by atoms with Crippen LogP contribution in [0.5, 0.6) is 17.2 Å². The van der Waals surface area contributed by atoms with E-state index in [0.717, 1.165) is 6.29 Å². The lowest BCUT2D eigenvalue weighted by molar-refractivity contribution is 0.112. The summed E-state index contributed by atoms with van der Waals surface area (Å²) in [5, 5.41) is 0. The van der Waals surface area contributed by atoms with Gasteiger partial charge in [0, 0.05) is 11.8 Å². The van der Waals surface area contributed by atoms with Gasteiger partial charge in [-0.05, 0) is 25.1 Å². The Morgan fingerprint density at radius 2 is 2.00 bits per heavy atom. The van der Waals surface area contributed by atoms with E-state index >= 15 is 0 Å². The third-order valence-corrected chi connectivity index (χ3v) is 2.25. The molecule has 0 bridgehead atoms. The lowest BCUT2D eigenvalue weighted by atomic mass is 10.3. The molecule has 0 aliphatic heterocycles. The molecule has 1 aromatic heterocycles. The van der Waals surface area contributed by atoms with Crippen molar-refractivity contribution in [2.24, 2.45) is 0 Å². The van der Waals surface area contributed by atoms with Crippen LogP contribution >= 0.6 is 0 Å². The van der Waals surface area contributed by atoms with Crippen molar-refractivity contribution in [1.82, 2.24) is 4.98 Å². The Morgan fingerprint density at radius 3 is 2.72 bits per heavy atom. The van der Waals surface area contributed by atoms with Crippen molar-refractivity contribution in [2.45, 2.75) is 6.92 Å². The number of aldehydes is 1. The molecule has 0 N–H and O–H groups in total. The second kappa shape index (κ2) is 5.82. The number of carbonyl (C=O) groups is 1. The standard InChI is InChI=1S/C14H13NO3/c1-2-17-13-5-3-4-6-14(13)18-12-7-11(10-16)8-15-9-12/h3-10H,2H2,1H3. The molecule has 1 heterocycles. The van der Waals surface area contributed by atoms with E-state index in [1.54, 1.807) is 18.3 Å². The van der Waals surface area contributed by atoms with E-state index in [1.807, 2.05) is 25.1 Å². The zero-order valence-electron chi connectivity index (χ0n) is 10.00. The number of pyridine rings is 1. The summed E-state index contributed by atoms with van der Waals surface area (Å²) >= 11 is 0. The Balaban J connectivity index is 2.24. The molecule has 0 unspecified atom stereocenters. The Bertz CT molecular complexity index is 540. The number of nitrogens with zero attached hydrogens (tertiary/aromatic N) is 1. The second-order valence-electron chi connectivity index (χ2n) is 3.55. The maximum atomic E-state index is 10.7. The largest absolute Gasteiger partial charge is 0.490 e. The zero-order chi connectivity index (χ0) is 12.8. The van der Waals surface area contributed by atoms with E-state index in [-0.39, 0.29) is 0 Å². The fourth-order valence-electron chi connectivity index (χ4n) is 1.49. The van der Waals surface area contributed by atoms with Crippen molar-refractivity contribution in [1.29, 1.82) is 0 Å². The topological polar surface area (TPSA) is 48.4 Å². The van der Waals surface area contributed by atoms with Crippen molar-refractivity contribution < 1.29 is 14.3 Å².